The van der Waals surface area contributed by atoms with Crippen LogP contribution in [-0.4, -0.2) is 31.9 Å². The summed E-state index contributed by atoms with van der Waals surface area (Å²) in [5, 5.41) is -0.108. The SMILES string of the molecule is CCOC(=O)[C@@H](C)Sc1c(CC)cnc2c1c(=O)n(C)c(=O)n2C. The van der Waals surface area contributed by atoms with Crippen molar-refractivity contribution in [2.24, 2.45) is 14.1 Å². The van der Waals surface area contributed by atoms with E-state index in [-0.39, 0.29) is 5.97 Å². The van der Waals surface area contributed by atoms with Gasteiger partial charge in [0.2, 0.25) is 0 Å². The van der Waals surface area contributed by atoms with Gasteiger partial charge in [0.25, 0.3) is 5.56 Å². The zero-order valence-electron chi connectivity index (χ0n) is 14.5. The fourth-order valence-corrected chi connectivity index (χ4v) is 3.58. The van der Waals surface area contributed by atoms with Crippen molar-refractivity contribution in [1.29, 1.82) is 0 Å². The first-order chi connectivity index (χ1) is 11.3. The topological polar surface area (TPSA) is 83.2 Å². The molecule has 0 saturated heterocycles. The van der Waals surface area contributed by atoms with Crippen LogP contribution in [0.15, 0.2) is 20.7 Å². The van der Waals surface area contributed by atoms with Crippen LogP contribution < -0.4 is 11.2 Å². The van der Waals surface area contributed by atoms with Crippen LogP contribution in [-0.2, 0) is 30.0 Å². The standard InChI is InChI=1S/C16H21N3O4S/c1-6-10-8-17-13-11(14(20)19(5)16(22)18(13)4)12(10)24-9(3)15(21)23-7-2/h8-9H,6-7H2,1-5H3/t9-/m1/s1. The lowest BCUT2D eigenvalue weighted by Gasteiger charge is -2.16. The number of carbonyl (C=O) groups is 1. The number of carbonyl (C=O) groups excluding carboxylic acids is 1. The zero-order chi connectivity index (χ0) is 18.0. The van der Waals surface area contributed by atoms with Crippen LogP contribution in [0.3, 0.4) is 0 Å². The number of hydrogen-bond donors (Lipinski definition) is 0. The first-order valence-corrected chi connectivity index (χ1v) is 8.62. The average molecular weight is 351 g/mol. The summed E-state index contributed by atoms with van der Waals surface area (Å²) in [6.07, 6.45) is 2.31. The van der Waals surface area contributed by atoms with Crippen LogP contribution in [0.2, 0.25) is 0 Å². The highest BCUT2D eigenvalue weighted by Crippen LogP contribution is 2.32. The molecule has 0 aliphatic carbocycles. The molecular weight excluding hydrogens is 330 g/mol. The van der Waals surface area contributed by atoms with Gasteiger partial charge in [0.05, 0.1) is 12.0 Å². The molecule has 0 saturated carbocycles. The van der Waals surface area contributed by atoms with Crippen LogP contribution >= 0.6 is 11.8 Å². The maximum atomic E-state index is 12.6. The summed E-state index contributed by atoms with van der Waals surface area (Å²) in [6.45, 7) is 5.74. The van der Waals surface area contributed by atoms with E-state index in [0.29, 0.717) is 29.0 Å². The molecular formula is C16H21N3O4S. The first-order valence-electron chi connectivity index (χ1n) is 7.74. The minimum Gasteiger partial charge on any atom is -0.465 e. The van der Waals surface area contributed by atoms with E-state index in [1.54, 1.807) is 27.1 Å². The quantitative estimate of drug-likeness (QED) is 0.595. The number of rotatable bonds is 5. The zero-order valence-corrected chi connectivity index (χ0v) is 15.3. The van der Waals surface area contributed by atoms with E-state index >= 15 is 0 Å². The molecule has 0 N–H and O–H groups in total. The van der Waals surface area contributed by atoms with Crippen LogP contribution in [0.1, 0.15) is 26.3 Å². The second-order valence-electron chi connectivity index (χ2n) is 5.38. The molecule has 2 rings (SSSR count). The van der Waals surface area contributed by atoms with Crippen molar-refractivity contribution in [3.05, 3.63) is 32.6 Å². The molecule has 0 aliphatic heterocycles. The number of pyridine rings is 1. The Morgan fingerprint density at radius 1 is 1.29 bits per heavy atom. The van der Waals surface area contributed by atoms with Gasteiger partial charge in [-0.3, -0.25) is 18.7 Å². The molecule has 0 spiro atoms. The Morgan fingerprint density at radius 2 is 1.96 bits per heavy atom. The highest BCUT2D eigenvalue weighted by molar-refractivity contribution is 8.00. The molecule has 7 nitrogen and oxygen atoms in total. The molecule has 24 heavy (non-hydrogen) atoms. The highest BCUT2D eigenvalue weighted by atomic mass is 32.2. The normalized spacial score (nSPS) is 12.4. The highest BCUT2D eigenvalue weighted by Gasteiger charge is 2.22. The van der Waals surface area contributed by atoms with E-state index in [0.717, 1.165) is 10.1 Å². The fraction of sp³-hybridized carbons (Fsp3) is 0.500. The maximum absolute atomic E-state index is 12.6. The molecule has 2 aromatic heterocycles. The summed E-state index contributed by atoms with van der Waals surface area (Å²) in [4.78, 5) is 41.7. The van der Waals surface area contributed by atoms with E-state index in [2.05, 4.69) is 4.98 Å². The van der Waals surface area contributed by atoms with Gasteiger partial charge in [0, 0.05) is 25.2 Å². The lowest BCUT2D eigenvalue weighted by Crippen LogP contribution is -2.37. The van der Waals surface area contributed by atoms with Gasteiger partial charge in [-0.05, 0) is 25.8 Å². The summed E-state index contributed by atoms with van der Waals surface area (Å²) in [6, 6.07) is 0. The van der Waals surface area contributed by atoms with E-state index in [9.17, 15) is 14.4 Å². The summed E-state index contributed by atoms with van der Waals surface area (Å²) in [5.74, 6) is -0.337. The van der Waals surface area contributed by atoms with Crippen molar-refractivity contribution in [1.82, 2.24) is 14.1 Å². The number of ether oxygens (including phenoxy) is 1. The van der Waals surface area contributed by atoms with Crippen LogP contribution in [0.4, 0.5) is 0 Å². The third-order valence-electron chi connectivity index (χ3n) is 3.79. The smallest absolute Gasteiger partial charge is 0.332 e. The van der Waals surface area contributed by atoms with Gasteiger partial charge >= 0.3 is 11.7 Å². The van der Waals surface area contributed by atoms with Crippen LogP contribution in [0, 0.1) is 0 Å². The molecule has 0 aromatic carbocycles. The number of aromatic nitrogens is 3. The summed E-state index contributed by atoms with van der Waals surface area (Å²) < 4.78 is 7.44. The van der Waals surface area contributed by atoms with Gasteiger partial charge < -0.3 is 4.74 Å². The van der Waals surface area contributed by atoms with E-state index in [4.69, 9.17) is 4.74 Å². The number of nitrogens with zero attached hydrogens (tertiary/aromatic N) is 3. The Hall–Kier alpha value is -2.09. The number of hydrogen-bond acceptors (Lipinski definition) is 6. The molecule has 0 fully saturated rings. The molecule has 130 valence electrons. The fourth-order valence-electron chi connectivity index (χ4n) is 2.41. The second-order valence-corrected chi connectivity index (χ2v) is 6.73. The predicted molar refractivity (Wildman–Crippen MR) is 93.6 cm³/mol. The molecule has 0 bridgehead atoms. The maximum Gasteiger partial charge on any atom is 0.332 e. The Labute approximate surface area is 143 Å². The van der Waals surface area contributed by atoms with Gasteiger partial charge in [0.15, 0.2) is 0 Å². The monoisotopic (exact) mass is 351 g/mol. The molecule has 8 heteroatoms. The Balaban J connectivity index is 2.73. The number of fused-ring (bicyclic) bond motifs is 1. The average Bonchev–Trinajstić information content (AvgIpc) is 2.57. The van der Waals surface area contributed by atoms with E-state index in [1.807, 2.05) is 6.92 Å². The summed E-state index contributed by atoms with van der Waals surface area (Å²) in [5.41, 5.74) is 0.339. The summed E-state index contributed by atoms with van der Waals surface area (Å²) in [7, 11) is 3.01. The molecule has 0 radical (unpaired) electrons. The largest absolute Gasteiger partial charge is 0.465 e. The molecule has 2 aromatic rings. The summed E-state index contributed by atoms with van der Waals surface area (Å²) >= 11 is 1.27. The number of thioether (sulfide) groups is 1. The molecule has 0 amide bonds. The van der Waals surface area contributed by atoms with Crippen molar-refractivity contribution in [3.63, 3.8) is 0 Å². The van der Waals surface area contributed by atoms with Crippen molar-refractivity contribution >= 4 is 28.8 Å². The lowest BCUT2D eigenvalue weighted by molar-refractivity contribution is -0.142. The van der Waals surface area contributed by atoms with Gasteiger partial charge in [-0.2, -0.15) is 0 Å². The first kappa shape index (κ1) is 18.3. The lowest BCUT2D eigenvalue weighted by atomic mass is 10.2. The Kier molecular flexibility index (Phi) is 5.48. The van der Waals surface area contributed by atoms with Gasteiger partial charge in [-0.1, -0.05) is 6.92 Å². The van der Waals surface area contributed by atoms with Crippen molar-refractivity contribution in [2.75, 3.05) is 6.61 Å². The Bertz CT molecular complexity index is 901. The van der Waals surface area contributed by atoms with Crippen molar-refractivity contribution < 1.29 is 9.53 Å². The minimum atomic E-state index is -0.470. The van der Waals surface area contributed by atoms with Crippen molar-refractivity contribution in [3.8, 4) is 0 Å². The number of esters is 1. The number of aryl methyl sites for hydroxylation is 2. The van der Waals surface area contributed by atoms with Crippen molar-refractivity contribution in [2.45, 2.75) is 37.3 Å². The van der Waals surface area contributed by atoms with E-state index < -0.39 is 16.5 Å². The van der Waals surface area contributed by atoms with Crippen LogP contribution in [0.25, 0.3) is 11.0 Å². The van der Waals surface area contributed by atoms with Gasteiger partial charge in [-0.25, -0.2) is 9.78 Å². The van der Waals surface area contributed by atoms with Gasteiger partial charge in [0.1, 0.15) is 10.9 Å². The third kappa shape index (κ3) is 3.10. The minimum absolute atomic E-state index is 0.303. The van der Waals surface area contributed by atoms with Crippen LogP contribution in [0.5, 0.6) is 0 Å². The van der Waals surface area contributed by atoms with Gasteiger partial charge in [-0.15, -0.1) is 11.8 Å². The van der Waals surface area contributed by atoms with E-state index in [1.165, 1.54) is 23.4 Å². The molecule has 0 aliphatic rings. The molecule has 1 atom stereocenters. The molecule has 2 heterocycles. The third-order valence-corrected chi connectivity index (χ3v) is 5.04. The molecule has 0 unspecified atom stereocenters. The Morgan fingerprint density at radius 3 is 2.54 bits per heavy atom. The predicted octanol–water partition coefficient (Wildman–Crippen LogP) is 1.24. The second kappa shape index (κ2) is 7.21.